The Kier molecular flexibility index (Phi) is 6.39. The standard InChI is InChI=1S/C23H29F3N4O3/c1-15-9-11-22(12-10-15)20(32)30(21(33)27-22)28-19(31)14-29-13-3-2-4-18(29)16-5-7-17(8-6-16)23(24,25)26/h5-8,15,18H,2-4,9-14H2,1H3,(H,27,33)(H,28,31). The molecule has 180 valence electrons. The molecule has 2 heterocycles. The highest BCUT2D eigenvalue weighted by molar-refractivity contribution is 6.08. The predicted molar refractivity (Wildman–Crippen MR) is 113 cm³/mol. The fraction of sp³-hybridized carbons (Fsp3) is 0.609. The lowest BCUT2D eigenvalue weighted by Gasteiger charge is -2.36. The van der Waals surface area contributed by atoms with Gasteiger partial charge in [-0.3, -0.25) is 19.9 Å². The van der Waals surface area contributed by atoms with Crippen molar-refractivity contribution in [2.24, 2.45) is 5.92 Å². The second-order valence-corrected chi connectivity index (χ2v) is 9.47. The number of alkyl halides is 3. The SMILES string of the molecule is CC1CCC2(CC1)NC(=O)N(NC(=O)CN1CCCCC1c1ccc(C(F)(F)F)cc1)C2=O. The maximum Gasteiger partial charge on any atom is 0.416 e. The van der Waals surface area contributed by atoms with Crippen molar-refractivity contribution in [1.29, 1.82) is 0 Å². The topological polar surface area (TPSA) is 81.8 Å². The Morgan fingerprint density at radius 3 is 2.42 bits per heavy atom. The molecule has 4 amide bonds. The fourth-order valence-electron chi connectivity index (χ4n) is 5.11. The lowest BCUT2D eigenvalue weighted by atomic mass is 9.77. The number of amides is 4. The molecule has 7 nitrogen and oxygen atoms in total. The first-order valence-corrected chi connectivity index (χ1v) is 11.5. The summed E-state index contributed by atoms with van der Waals surface area (Å²) in [6, 6.07) is 4.19. The first-order chi connectivity index (χ1) is 15.6. The largest absolute Gasteiger partial charge is 0.416 e. The molecular weight excluding hydrogens is 437 g/mol. The van der Waals surface area contributed by atoms with Crippen LogP contribution < -0.4 is 10.7 Å². The molecule has 2 N–H and O–H groups in total. The van der Waals surface area contributed by atoms with E-state index in [2.05, 4.69) is 17.7 Å². The zero-order chi connectivity index (χ0) is 23.8. The number of benzene rings is 1. The van der Waals surface area contributed by atoms with E-state index in [9.17, 15) is 27.6 Å². The normalized spacial score (nSPS) is 28.8. The van der Waals surface area contributed by atoms with Crippen LogP contribution in [0, 0.1) is 5.92 Å². The number of nitrogens with zero attached hydrogens (tertiary/aromatic N) is 2. The highest BCUT2D eigenvalue weighted by Crippen LogP contribution is 2.36. The predicted octanol–water partition coefficient (Wildman–Crippen LogP) is 3.76. The third-order valence-electron chi connectivity index (χ3n) is 7.11. The number of hydrogen-bond acceptors (Lipinski definition) is 4. The number of likely N-dealkylation sites (tertiary alicyclic amines) is 1. The molecule has 0 aromatic heterocycles. The molecule has 2 aliphatic heterocycles. The van der Waals surface area contributed by atoms with Crippen LogP contribution in [-0.4, -0.2) is 46.4 Å². The Balaban J connectivity index is 1.41. The summed E-state index contributed by atoms with van der Waals surface area (Å²) in [6.45, 7) is 2.65. The molecule has 4 rings (SSSR count). The van der Waals surface area contributed by atoms with E-state index in [-0.39, 0.29) is 12.6 Å². The van der Waals surface area contributed by atoms with Crippen molar-refractivity contribution in [2.45, 2.75) is 69.6 Å². The van der Waals surface area contributed by atoms with Crippen LogP contribution in [0.25, 0.3) is 0 Å². The van der Waals surface area contributed by atoms with Crippen molar-refractivity contribution in [2.75, 3.05) is 13.1 Å². The zero-order valence-corrected chi connectivity index (χ0v) is 18.6. The van der Waals surface area contributed by atoms with Crippen LogP contribution in [0.1, 0.15) is 69.0 Å². The fourth-order valence-corrected chi connectivity index (χ4v) is 5.11. The summed E-state index contributed by atoms with van der Waals surface area (Å²) in [5, 5.41) is 3.56. The van der Waals surface area contributed by atoms with Gasteiger partial charge in [-0.15, -0.1) is 0 Å². The number of urea groups is 1. The van der Waals surface area contributed by atoms with E-state index >= 15 is 0 Å². The number of carbonyl (C=O) groups excluding carboxylic acids is 3. The number of halogens is 3. The summed E-state index contributed by atoms with van der Waals surface area (Å²) in [6.07, 6.45) is 0.824. The van der Waals surface area contributed by atoms with E-state index in [0.717, 1.165) is 42.8 Å². The Labute approximate surface area is 190 Å². The van der Waals surface area contributed by atoms with Crippen molar-refractivity contribution in [3.8, 4) is 0 Å². The first kappa shape index (κ1) is 23.5. The Morgan fingerprint density at radius 2 is 1.79 bits per heavy atom. The summed E-state index contributed by atoms with van der Waals surface area (Å²) in [5.74, 6) is -0.436. The number of hydrazine groups is 1. The molecule has 1 aliphatic carbocycles. The third-order valence-corrected chi connectivity index (χ3v) is 7.11. The number of carbonyl (C=O) groups is 3. The van der Waals surface area contributed by atoms with Crippen molar-refractivity contribution < 1.29 is 27.6 Å². The van der Waals surface area contributed by atoms with E-state index in [1.165, 1.54) is 12.1 Å². The minimum absolute atomic E-state index is 0.0627. The molecule has 0 bridgehead atoms. The van der Waals surface area contributed by atoms with Crippen LogP contribution >= 0.6 is 0 Å². The van der Waals surface area contributed by atoms with Gasteiger partial charge in [0.15, 0.2) is 0 Å². The minimum atomic E-state index is -4.40. The van der Waals surface area contributed by atoms with Crippen LogP contribution in [0.3, 0.4) is 0 Å². The Morgan fingerprint density at radius 1 is 1.12 bits per heavy atom. The third kappa shape index (κ3) is 4.85. The first-order valence-electron chi connectivity index (χ1n) is 11.5. The molecule has 2 saturated heterocycles. The molecule has 1 aromatic rings. The average Bonchev–Trinajstić information content (AvgIpc) is 3.00. The van der Waals surface area contributed by atoms with Gasteiger partial charge in [-0.1, -0.05) is 25.5 Å². The lowest BCUT2D eigenvalue weighted by Crippen LogP contribution is -2.53. The summed E-state index contributed by atoms with van der Waals surface area (Å²) in [7, 11) is 0. The van der Waals surface area contributed by atoms with E-state index in [0.29, 0.717) is 37.3 Å². The second kappa shape index (κ2) is 8.96. The number of hydrogen-bond donors (Lipinski definition) is 2. The van der Waals surface area contributed by atoms with E-state index in [1.807, 2.05) is 4.90 Å². The molecule has 33 heavy (non-hydrogen) atoms. The van der Waals surface area contributed by atoms with Crippen LogP contribution in [0.5, 0.6) is 0 Å². The summed E-state index contributed by atoms with van der Waals surface area (Å²) < 4.78 is 38.7. The van der Waals surface area contributed by atoms with Crippen LogP contribution in [-0.2, 0) is 15.8 Å². The molecule has 0 radical (unpaired) electrons. The van der Waals surface area contributed by atoms with Gasteiger partial charge in [-0.2, -0.15) is 18.2 Å². The number of imide groups is 1. The summed E-state index contributed by atoms with van der Waals surface area (Å²) in [5.41, 5.74) is 1.51. The quantitative estimate of drug-likeness (QED) is 0.662. The van der Waals surface area contributed by atoms with Gasteiger partial charge in [0.1, 0.15) is 5.54 Å². The Hall–Kier alpha value is -2.62. The average molecular weight is 467 g/mol. The lowest BCUT2D eigenvalue weighted by molar-refractivity contribution is -0.140. The monoisotopic (exact) mass is 466 g/mol. The molecule has 1 aromatic carbocycles. The second-order valence-electron chi connectivity index (χ2n) is 9.47. The maximum absolute atomic E-state index is 12.9. The summed E-state index contributed by atoms with van der Waals surface area (Å²) in [4.78, 5) is 40.0. The van der Waals surface area contributed by atoms with Gasteiger partial charge in [0, 0.05) is 6.04 Å². The van der Waals surface area contributed by atoms with E-state index < -0.39 is 35.1 Å². The molecule has 10 heteroatoms. The van der Waals surface area contributed by atoms with Gasteiger partial charge >= 0.3 is 12.2 Å². The number of nitrogens with one attached hydrogen (secondary N) is 2. The van der Waals surface area contributed by atoms with Crippen LogP contribution in [0.2, 0.25) is 0 Å². The van der Waals surface area contributed by atoms with Crippen molar-refractivity contribution >= 4 is 17.8 Å². The molecule has 1 atom stereocenters. The van der Waals surface area contributed by atoms with Gasteiger partial charge in [0.25, 0.3) is 11.8 Å². The molecule has 3 aliphatic rings. The molecule has 3 fully saturated rings. The van der Waals surface area contributed by atoms with Gasteiger partial charge in [-0.25, -0.2) is 4.79 Å². The van der Waals surface area contributed by atoms with Gasteiger partial charge < -0.3 is 5.32 Å². The maximum atomic E-state index is 12.9. The number of piperidine rings is 1. The molecule has 1 unspecified atom stereocenters. The molecule has 1 saturated carbocycles. The van der Waals surface area contributed by atoms with Crippen LogP contribution in [0.4, 0.5) is 18.0 Å². The highest BCUT2D eigenvalue weighted by atomic mass is 19.4. The van der Waals surface area contributed by atoms with E-state index in [4.69, 9.17) is 0 Å². The van der Waals surface area contributed by atoms with Gasteiger partial charge in [-0.05, 0) is 68.7 Å². The van der Waals surface area contributed by atoms with Gasteiger partial charge in [0.2, 0.25) is 0 Å². The smallest absolute Gasteiger partial charge is 0.322 e. The van der Waals surface area contributed by atoms with Gasteiger partial charge in [0.05, 0.1) is 12.1 Å². The van der Waals surface area contributed by atoms with E-state index in [1.54, 1.807) is 0 Å². The van der Waals surface area contributed by atoms with Crippen molar-refractivity contribution in [1.82, 2.24) is 20.7 Å². The van der Waals surface area contributed by atoms with Crippen LogP contribution in [0.15, 0.2) is 24.3 Å². The number of rotatable bonds is 4. The summed E-state index contributed by atoms with van der Waals surface area (Å²) >= 11 is 0. The Bertz CT molecular complexity index is 911. The molecule has 1 spiro atoms. The zero-order valence-electron chi connectivity index (χ0n) is 18.6. The van der Waals surface area contributed by atoms with Crippen molar-refractivity contribution in [3.05, 3.63) is 35.4 Å². The highest BCUT2D eigenvalue weighted by Gasteiger charge is 2.53. The molecular formula is C23H29F3N4O3. The van der Waals surface area contributed by atoms with Crippen molar-refractivity contribution in [3.63, 3.8) is 0 Å². The minimum Gasteiger partial charge on any atom is -0.322 e.